The van der Waals surface area contributed by atoms with Crippen LogP contribution in [0.25, 0.3) is 11.1 Å². The van der Waals surface area contributed by atoms with Crippen LogP contribution >= 0.6 is 0 Å². The molecule has 2 N–H and O–H groups in total. The Morgan fingerprint density at radius 3 is 1.95 bits per heavy atom. The van der Waals surface area contributed by atoms with Crippen molar-refractivity contribution in [2.24, 2.45) is 0 Å². The van der Waals surface area contributed by atoms with E-state index >= 15 is 0 Å². The highest BCUT2D eigenvalue weighted by Crippen LogP contribution is 2.24. The Hall–Kier alpha value is -1.84. The summed E-state index contributed by atoms with van der Waals surface area (Å²) >= 11 is 0. The van der Waals surface area contributed by atoms with Gasteiger partial charge in [-0.2, -0.15) is 0 Å². The maximum Gasteiger partial charge on any atom is 0.118 e. The second-order valence-corrected chi connectivity index (χ2v) is 4.37. The molecule has 0 aromatic heterocycles. The molecule has 0 saturated carbocycles. The summed E-state index contributed by atoms with van der Waals surface area (Å²) in [4.78, 5) is 0. The van der Waals surface area contributed by atoms with Gasteiger partial charge in [0.2, 0.25) is 0 Å². The van der Waals surface area contributed by atoms with Gasteiger partial charge < -0.3 is 15.2 Å². The monoisotopic (exact) mass is 257 g/mol. The van der Waals surface area contributed by atoms with Crippen molar-refractivity contribution >= 4 is 0 Å². The third kappa shape index (κ3) is 3.13. The van der Waals surface area contributed by atoms with E-state index in [1.54, 1.807) is 7.11 Å². The lowest BCUT2D eigenvalue weighted by Crippen LogP contribution is -2.19. The molecule has 0 spiro atoms. The first-order chi connectivity index (χ1) is 9.28. The van der Waals surface area contributed by atoms with Crippen molar-refractivity contribution in [2.75, 3.05) is 20.8 Å². The number of hydrogen-bond acceptors (Lipinski definition) is 3. The molecule has 0 fully saturated rings. The molecule has 2 rings (SSSR count). The fourth-order valence-corrected chi connectivity index (χ4v) is 2.05. The van der Waals surface area contributed by atoms with E-state index in [9.17, 15) is 5.11 Å². The average Bonchev–Trinajstić information content (AvgIpc) is 2.49. The van der Waals surface area contributed by atoms with Crippen LogP contribution in [0.3, 0.4) is 0 Å². The zero-order chi connectivity index (χ0) is 13.7. The molecule has 0 radical (unpaired) electrons. The highest BCUT2D eigenvalue weighted by atomic mass is 16.5. The van der Waals surface area contributed by atoms with Crippen LogP contribution in [0.2, 0.25) is 0 Å². The molecule has 1 atom stereocenters. The second kappa shape index (κ2) is 6.36. The van der Waals surface area contributed by atoms with E-state index in [0.29, 0.717) is 0 Å². The first-order valence-corrected chi connectivity index (χ1v) is 6.31. The van der Waals surface area contributed by atoms with Gasteiger partial charge in [0.15, 0.2) is 0 Å². The molecule has 0 aliphatic heterocycles. The highest BCUT2D eigenvalue weighted by Gasteiger charge is 2.07. The van der Waals surface area contributed by atoms with Gasteiger partial charge in [-0.25, -0.2) is 0 Å². The molecule has 3 heteroatoms. The Morgan fingerprint density at radius 2 is 1.53 bits per heavy atom. The molecule has 2 aromatic rings. The molecule has 1 unspecified atom stereocenters. The van der Waals surface area contributed by atoms with Gasteiger partial charge in [0.05, 0.1) is 19.8 Å². The number of hydrogen-bond donors (Lipinski definition) is 2. The van der Waals surface area contributed by atoms with Gasteiger partial charge in [0.25, 0.3) is 0 Å². The van der Waals surface area contributed by atoms with E-state index in [1.807, 2.05) is 43.4 Å². The van der Waals surface area contributed by atoms with Crippen molar-refractivity contribution in [1.29, 1.82) is 0 Å². The van der Waals surface area contributed by atoms with E-state index in [2.05, 4.69) is 17.4 Å². The summed E-state index contributed by atoms with van der Waals surface area (Å²) in [6.45, 7) is 0.0956. The van der Waals surface area contributed by atoms with Crippen molar-refractivity contribution in [3.05, 3.63) is 54.1 Å². The molecular weight excluding hydrogens is 238 g/mol. The average molecular weight is 257 g/mol. The fraction of sp³-hybridized carbons (Fsp3) is 0.250. The number of aliphatic hydroxyl groups is 1. The topological polar surface area (TPSA) is 41.5 Å². The van der Waals surface area contributed by atoms with Gasteiger partial charge in [-0.15, -0.1) is 0 Å². The summed E-state index contributed by atoms with van der Waals surface area (Å²) < 4.78 is 5.15. The second-order valence-electron chi connectivity index (χ2n) is 4.37. The van der Waals surface area contributed by atoms with Crippen LogP contribution in [-0.4, -0.2) is 25.9 Å². The Kier molecular flexibility index (Phi) is 4.55. The van der Waals surface area contributed by atoms with Gasteiger partial charge in [-0.05, 0) is 35.9 Å². The minimum atomic E-state index is -0.00934. The number of ether oxygens (including phenoxy) is 1. The molecule has 0 bridgehead atoms. The van der Waals surface area contributed by atoms with E-state index in [4.69, 9.17) is 4.74 Å². The molecule has 0 saturated heterocycles. The summed E-state index contributed by atoms with van der Waals surface area (Å²) in [5.41, 5.74) is 3.39. The van der Waals surface area contributed by atoms with Crippen LogP contribution in [0, 0.1) is 0 Å². The fourth-order valence-electron chi connectivity index (χ4n) is 2.05. The predicted molar refractivity (Wildman–Crippen MR) is 77.3 cm³/mol. The highest BCUT2D eigenvalue weighted by molar-refractivity contribution is 5.64. The van der Waals surface area contributed by atoms with Crippen LogP contribution in [0.5, 0.6) is 5.75 Å². The largest absolute Gasteiger partial charge is 0.497 e. The molecule has 0 heterocycles. The minimum absolute atomic E-state index is 0.00934. The summed E-state index contributed by atoms with van der Waals surface area (Å²) in [7, 11) is 3.51. The van der Waals surface area contributed by atoms with Crippen molar-refractivity contribution in [2.45, 2.75) is 6.04 Å². The molecular formula is C16H19NO2. The van der Waals surface area contributed by atoms with Gasteiger partial charge >= 0.3 is 0 Å². The Labute approximate surface area is 113 Å². The Morgan fingerprint density at radius 1 is 1.00 bits per heavy atom. The molecule has 0 amide bonds. The van der Waals surface area contributed by atoms with Crippen LogP contribution in [0.4, 0.5) is 0 Å². The van der Waals surface area contributed by atoms with Crippen LogP contribution < -0.4 is 10.1 Å². The first-order valence-electron chi connectivity index (χ1n) is 6.31. The normalized spacial score (nSPS) is 12.2. The number of likely N-dealkylation sites (N-methyl/N-ethyl adjacent to an activating group) is 1. The third-order valence-corrected chi connectivity index (χ3v) is 3.27. The Balaban J connectivity index is 2.21. The number of aliphatic hydroxyl groups excluding tert-OH is 1. The maximum atomic E-state index is 9.25. The van der Waals surface area contributed by atoms with Crippen LogP contribution in [0.1, 0.15) is 11.6 Å². The van der Waals surface area contributed by atoms with Gasteiger partial charge in [0, 0.05) is 0 Å². The van der Waals surface area contributed by atoms with Crippen molar-refractivity contribution in [3.8, 4) is 16.9 Å². The summed E-state index contributed by atoms with van der Waals surface area (Å²) in [6, 6.07) is 16.2. The van der Waals surface area contributed by atoms with Gasteiger partial charge in [-0.3, -0.25) is 0 Å². The minimum Gasteiger partial charge on any atom is -0.497 e. The van der Waals surface area contributed by atoms with Crippen molar-refractivity contribution in [3.63, 3.8) is 0 Å². The first kappa shape index (κ1) is 13.6. The van der Waals surface area contributed by atoms with Gasteiger partial charge in [0.1, 0.15) is 5.75 Å². The number of methoxy groups -OCH3 is 1. The standard InChI is InChI=1S/C16H19NO2/c1-17-16(11-18)14-5-3-12(4-6-14)13-7-9-15(19-2)10-8-13/h3-10,16-18H,11H2,1-2H3. The summed E-state index contributed by atoms with van der Waals surface area (Å²) in [5, 5.41) is 12.3. The molecule has 100 valence electrons. The van der Waals surface area contributed by atoms with E-state index < -0.39 is 0 Å². The number of nitrogens with one attached hydrogen (secondary N) is 1. The third-order valence-electron chi connectivity index (χ3n) is 3.27. The zero-order valence-corrected chi connectivity index (χ0v) is 11.3. The summed E-state index contributed by atoms with van der Waals surface area (Å²) in [6.07, 6.45) is 0. The van der Waals surface area contributed by atoms with E-state index in [1.165, 1.54) is 0 Å². The van der Waals surface area contributed by atoms with Crippen molar-refractivity contribution in [1.82, 2.24) is 5.32 Å². The zero-order valence-electron chi connectivity index (χ0n) is 11.3. The number of rotatable bonds is 5. The van der Waals surface area contributed by atoms with Crippen molar-refractivity contribution < 1.29 is 9.84 Å². The lowest BCUT2D eigenvalue weighted by Gasteiger charge is -2.14. The predicted octanol–water partition coefficient (Wildman–Crippen LogP) is 2.62. The quantitative estimate of drug-likeness (QED) is 0.865. The molecule has 19 heavy (non-hydrogen) atoms. The smallest absolute Gasteiger partial charge is 0.118 e. The molecule has 0 aliphatic rings. The molecule has 3 nitrogen and oxygen atoms in total. The SMILES string of the molecule is CNC(CO)c1ccc(-c2ccc(OC)cc2)cc1. The summed E-state index contributed by atoms with van der Waals surface area (Å²) in [5.74, 6) is 0.857. The lowest BCUT2D eigenvalue weighted by molar-refractivity contribution is 0.251. The lowest BCUT2D eigenvalue weighted by atomic mass is 10.0. The van der Waals surface area contributed by atoms with Crippen LogP contribution in [-0.2, 0) is 0 Å². The maximum absolute atomic E-state index is 9.25. The van der Waals surface area contributed by atoms with Gasteiger partial charge in [-0.1, -0.05) is 36.4 Å². The van der Waals surface area contributed by atoms with E-state index in [0.717, 1.165) is 22.4 Å². The molecule has 2 aromatic carbocycles. The molecule has 0 aliphatic carbocycles. The Bertz CT molecular complexity index is 501. The van der Waals surface area contributed by atoms with Crippen LogP contribution in [0.15, 0.2) is 48.5 Å². The van der Waals surface area contributed by atoms with E-state index in [-0.39, 0.29) is 12.6 Å². The number of benzene rings is 2.